The molecule has 1 aromatic rings. The Morgan fingerprint density at radius 2 is 2.04 bits per heavy atom. The van der Waals surface area contributed by atoms with Crippen LogP contribution in [0.2, 0.25) is 0 Å². The van der Waals surface area contributed by atoms with Crippen LogP contribution >= 0.6 is 0 Å². The van der Waals surface area contributed by atoms with Crippen LogP contribution in [0.25, 0.3) is 0 Å². The first-order valence-corrected chi connectivity index (χ1v) is 9.97. The fourth-order valence-electron chi connectivity index (χ4n) is 2.94. The number of hydrogen-bond acceptors (Lipinski definition) is 4. The average Bonchev–Trinajstić information content (AvgIpc) is 2.56. The van der Waals surface area contributed by atoms with E-state index < -0.39 is 33.5 Å². The molecule has 0 aliphatic carbocycles. The zero-order valence-electron chi connectivity index (χ0n) is 14.4. The number of nitrogens with zero attached hydrogens (tertiary/aromatic N) is 1. The van der Waals surface area contributed by atoms with E-state index in [1.165, 1.54) is 17.0 Å². The first kappa shape index (κ1) is 19.4. The molecule has 2 rings (SSSR count). The molecule has 1 aromatic carbocycles. The number of likely N-dealkylation sites (tertiary alicyclic amines) is 1. The first-order chi connectivity index (χ1) is 11.7. The highest BCUT2D eigenvalue weighted by molar-refractivity contribution is 7.89. The van der Waals surface area contributed by atoms with Gasteiger partial charge < -0.3 is 4.90 Å². The second-order valence-corrected chi connectivity index (χ2v) is 7.99. The molecular weight excluding hydrogens is 347 g/mol. The average molecular weight is 370 g/mol. The van der Waals surface area contributed by atoms with Crippen LogP contribution < -0.4 is 4.72 Å². The van der Waals surface area contributed by atoms with Crippen LogP contribution in [0.4, 0.5) is 4.39 Å². The van der Waals surface area contributed by atoms with Crippen molar-refractivity contribution in [1.82, 2.24) is 9.62 Å². The fraction of sp³-hybridized carbons (Fsp3) is 0.529. The highest BCUT2D eigenvalue weighted by Gasteiger charge is 2.33. The summed E-state index contributed by atoms with van der Waals surface area (Å²) in [5.41, 5.74) is 0.676. The van der Waals surface area contributed by atoms with Crippen LogP contribution in [-0.2, 0) is 25.4 Å². The quantitative estimate of drug-likeness (QED) is 0.858. The van der Waals surface area contributed by atoms with Crippen LogP contribution in [0.5, 0.6) is 0 Å². The molecule has 1 aliphatic rings. The van der Waals surface area contributed by atoms with Crippen molar-refractivity contribution in [3.63, 3.8) is 0 Å². The Hall–Kier alpha value is -1.96. The lowest BCUT2D eigenvalue weighted by Gasteiger charge is -2.34. The predicted octanol–water partition coefficient (Wildman–Crippen LogP) is 1.87. The van der Waals surface area contributed by atoms with Crippen LogP contribution in [0, 0.1) is 12.7 Å². The van der Waals surface area contributed by atoms with Crippen LogP contribution in [-0.4, -0.2) is 37.7 Å². The molecule has 0 spiro atoms. The Morgan fingerprint density at radius 1 is 1.32 bits per heavy atom. The summed E-state index contributed by atoms with van der Waals surface area (Å²) in [5, 5.41) is 0. The van der Waals surface area contributed by atoms with Gasteiger partial charge in [0.1, 0.15) is 11.9 Å². The number of aryl methyl sites for hydroxylation is 1. The lowest BCUT2D eigenvalue weighted by molar-refractivity contribution is -0.141. The second-order valence-electron chi connectivity index (χ2n) is 6.27. The van der Waals surface area contributed by atoms with Crippen molar-refractivity contribution in [1.29, 1.82) is 0 Å². The summed E-state index contributed by atoms with van der Waals surface area (Å²) < 4.78 is 40.3. The highest BCUT2D eigenvalue weighted by Crippen LogP contribution is 2.19. The van der Waals surface area contributed by atoms with Crippen LogP contribution in [0.15, 0.2) is 18.2 Å². The molecule has 0 unspecified atom stereocenters. The van der Waals surface area contributed by atoms with Gasteiger partial charge in [-0.2, -0.15) is 0 Å². The Morgan fingerprint density at radius 3 is 2.68 bits per heavy atom. The topological polar surface area (TPSA) is 83.6 Å². The molecule has 25 heavy (non-hydrogen) atoms. The molecule has 1 N–H and O–H groups in total. The van der Waals surface area contributed by atoms with Crippen molar-refractivity contribution < 1.29 is 22.4 Å². The molecule has 138 valence electrons. The third kappa shape index (κ3) is 5.01. The summed E-state index contributed by atoms with van der Waals surface area (Å²) in [6, 6.07) is 3.45. The smallest absolute Gasteiger partial charge is 0.256 e. The maximum absolute atomic E-state index is 13.9. The first-order valence-electron chi connectivity index (χ1n) is 8.32. The van der Waals surface area contributed by atoms with Crippen LogP contribution in [0.1, 0.15) is 43.7 Å². The van der Waals surface area contributed by atoms with Crippen LogP contribution in [0.3, 0.4) is 0 Å². The maximum Gasteiger partial charge on any atom is 0.256 e. The number of carbonyl (C=O) groups excluding carboxylic acids is 2. The number of rotatable bonds is 5. The molecule has 1 fully saturated rings. The van der Waals surface area contributed by atoms with Crippen molar-refractivity contribution in [3.05, 3.63) is 35.1 Å². The van der Waals surface area contributed by atoms with Crippen molar-refractivity contribution in [2.24, 2.45) is 0 Å². The molecule has 2 amide bonds. The van der Waals surface area contributed by atoms with Crippen molar-refractivity contribution >= 4 is 21.8 Å². The van der Waals surface area contributed by atoms with E-state index in [0.717, 1.165) is 12.8 Å². The highest BCUT2D eigenvalue weighted by atomic mass is 32.2. The monoisotopic (exact) mass is 370 g/mol. The van der Waals surface area contributed by atoms with E-state index in [9.17, 15) is 22.4 Å². The molecule has 0 aromatic heterocycles. The molecule has 1 saturated heterocycles. The molecular formula is C17H23FN2O4S. The fourth-order valence-corrected chi connectivity index (χ4v) is 4.10. The number of sulfonamides is 1. The van der Waals surface area contributed by atoms with Crippen molar-refractivity contribution in [2.45, 2.75) is 51.3 Å². The third-order valence-electron chi connectivity index (χ3n) is 4.24. The SMILES string of the molecule is CCC(=O)N1CCCC[C@H]1C(=O)NS(=O)(=O)Cc1ccc(C)cc1F. The van der Waals surface area contributed by atoms with Gasteiger partial charge in [-0.1, -0.05) is 19.1 Å². The standard InChI is InChI=1S/C17H23FN2O4S/c1-3-16(21)20-9-5-4-6-15(20)17(22)19-25(23,24)11-13-8-7-12(2)10-14(13)18/h7-8,10,15H,3-6,9,11H2,1-2H3,(H,19,22)/t15-/m0/s1. The summed E-state index contributed by atoms with van der Waals surface area (Å²) in [5.74, 6) is -2.16. The number of amides is 2. The number of halogens is 1. The summed E-state index contributed by atoms with van der Waals surface area (Å²) in [6.07, 6.45) is 2.21. The Labute approximate surface area is 147 Å². The van der Waals surface area contributed by atoms with Gasteiger partial charge in [0, 0.05) is 18.5 Å². The minimum atomic E-state index is -4.05. The minimum Gasteiger partial charge on any atom is -0.331 e. The van der Waals surface area contributed by atoms with Gasteiger partial charge in [-0.25, -0.2) is 12.8 Å². The second kappa shape index (κ2) is 7.95. The molecule has 0 bridgehead atoms. The number of nitrogens with one attached hydrogen (secondary N) is 1. The molecule has 1 atom stereocenters. The lowest BCUT2D eigenvalue weighted by Crippen LogP contribution is -2.52. The molecule has 1 heterocycles. The van der Waals surface area contributed by atoms with E-state index >= 15 is 0 Å². The zero-order chi connectivity index (χ0) is 18.6. The molecule has 8 heteroatoms. The van der Waals surface area contributed by atoms with E-state index in [2.05, 4.69) is 0 Å². The van der Waals surface area contributed by atoms with Gasteiger partial charge in [0.15, 0.2) is 0 Å². The summed E-state index contributed by atoms with van der Waals surface area (Å²) in [4.78, 5) is 25.8. The van der Waals surface area contributed by atoms with E-state index in [0.29, 0.717) is 18.5 Å². The van der Waals surface area contributed by atoms with Crippen molar-refractivity contribution in [3.8, 4) is 0 Å². The van der Waals surface area contributed by atoms with E-state index in [1.54, 1.807) is 19.9 Å². The predicted molar refractivity (Wildman–Crippen MR) is 91.5 cm³/mol. The van der Waals surface area contributed by atoms with Gasteiger partial charge in [-0.3, -0.25) is 14.3 Å². The van der Waals surface area contributed by atoms with Gasteiger partial charge in [0.05, 0.1) is 5.75 Å². The Kier molecular flexibility index (Phi) is 6.16. The molecule has 1 aliphatic heterocycles. The lowest BCUT2D eigenvalue weighted by atomic mass is 10.0. The Bertz CT molecular complexity index is 764. The molecule has 0 radical (unpaired) electrons. The van der Waals surface area contributed by atoms with Gasteiger partial charge >= 0.3 is 0 Å². The minimum absolute atomic E-state index is 0.00367. The summed E-state index contributed by atoms with van der Waals surface area (Å²) in [7, 11) is -4.05. The largest absolute Gasteiger partial charge is 0.331 e. The number of hydrogen-bond donors (Lipinski definition) is 1. The molecule has 6 nitrogen and oxygen atoms in total. The van der Waals surface area contributed by atoms with E-state index in [1.807, 2.05) is 4.72 Å². The normalized spacial score (nSPS) is 18.0. The summed E-state index contributed by atoms with van der Waals surface area (Å²) >= 11 is 0. The van der Waals surface area contributed by atoms with Crippen molar-refractivity contribution in [2.75, 3.05) is 6.54 Å². The zero-order valence-corrected chi connectivity index (χ0v) is 15.2. The number of carbonyl (C=O) groups is 2. The maximum atomic E-state index is 13.9. The molecule has 0 saturated carbocycles. The van der Waals surface area contributed by atoms with E-state index in [-0.39, 0.29) is 17.9 Å². The van der Waals surface area contributed by atoms with E-state index in [4.69, 9.17) is 0 Å². The third-order valence-corrected chi connectivity index (χ3v) is 5.44. The number of piperidine rings is 1. The summed E-state index contributed by atoms with van der Waals surface area (Å²) in [6.45, 7) is 3.84. The van der Waals surface area contributed by atoms with Gasteiger partial charge in [0.25, 0.3) is 5.91 Å². The Balaban J connectivity index is 2.10. The van der Waals surface area contributed by atoms with Gasteiger partial charge in [-0.05, 0) is 37.8 Å². The van der Waals surface area contributed by atoms with Gasteiger partial charge in [0.2, 0.25) is 15.9 Å². The number of benzene rings is 1. The van der Waals surface area contributed by atoms with Gasteiger partial charge in [-0.15, -0.1) is 0 Å².